The maximum Gasteiger partial charge on any atom is 0.193 e. The molecule has 2 heteroatoms. The molecule has 0 aliphatic rings. The van der Waals surface area contributed by atoms with Crippen molar-refractivity contribution in [1.82, 2.24) is 0 Å². The van der Waals surface area contributed by atoms with Crippen LogP contribution in [0.15, 0.2) is 72.8 Å². The van der Waals surface area contributed by atoms with E-state index in [1.165, 1.54) is 11.1 Å². The summed E-state index contributed by atoms with van der Waals surface area (Å²) in [5.74, 6) is 0. The molecule has 0 aliphatic heterocycles. The van der Waals surface area contributed by atoms with Crippen molar-refractivity contribution in [2.45, 2.75) is 20.8 Å². The van der Waals surface area contributed by atoms with Gasteiger partial charge in [0.25, 0.3) is 0 Å². The van der Waals surface area contributed by atoms with Crippen molar-refractivity contribution in [2.24, 2.45) is 0 Å². The van der Waals surface area contributed by atoms with Gasteiger partial charge in [0.2, 0.25) is 0 Å². The molecular formula is C22H21OP. The van der Waals surface area contributed by atoms with Gasteiger partial charge in [-0.1, -0.05) is 66.7 Å². The van der Waals surface area contributed by atoms with Crippen molar-refractivity contribution in [2.75, 3.05) is 0 Å². The molecule has 24 heavy (non-hydrogen) atoms. The summed E-state index contributed by atoms with van der Waals surface area (Å²) in [5, 5.41) is 2.20. The monoisotopic (exact) mass is 332 g/mol. The zero-order valence-corrected chi connectivity index (χ0v) is 15.2. The van der Waals surface area contributed by atoms with Gasteiger partial charge in [0.15, 0.2) is 5.52 Å². The fourth-order valence-electron chi connectivity index (χ4n) is 2.85. The Labute approximate surface area is 145 Å². The summed E-state index contributed by atoms with van der Waals surface area (Å²) in [6.45, 7) is 6.19. The number of hydrogen-bond acceptors (Lipinski definition) is 1. The van der Waals surface area contributed by atoms with Crippen LogP contribution in [0.25, 0.3) is 0 Å². The molecule has 0 radical (unpaired) electrons. The van der Waals surface area contributed by atoms with Crippen LogP contribution in [0.3, 0.4) is 0 Å². The average molecular weight is 332 g/mol. The Morgan fingerprint density at radius 1 is 0.667 bits per heavy atom. The highest BCUT2D eigenvalue weighted by Gasteiger charge is 2.25. The van der Waals surface area contributed by atoms with Gasteiger partial charge in [-0.25, -0.2) is 0 Å². The Balaban J connectivity index is 2.13. The Bertz CT molecular complexity index is 814. The van der Waals surface area contributed by atoms with Crippen LogP contribution in [-0.4, -0.2) is 5.52 Å². The van der Waals surface area contributed by atoms with Crippen LogP contribution in [0.4, 0.5) is 0 Å². The molecule has 3 aromatic rings. The first-order valence-corrected chi connectivity index (χ1v) is 9.44. The minimum atomic E-state index is -1.07. The number of carbonyl (C=O) groups is 1. The second kappa shape index (κ2) is 7.11. The minimum absolute atomic E-state index is 0.225. The highest BCUT2D eigenvalue weighted by atomic mass is 31.1. The third kappa shape index (κ3) is 3.32. The summed E-state index contributed by atoms with van der Waals surface area (Å²) in [6.07, 6.45) is 0. The summed E-state index contributed by atoms with van der Waals surface area (Å²) < 4.78 is 0. The Morgan fingerprint density at radius 3 is 1.62 bits per heavy atom. The fraction of sp³-hybridized carbons (Fsp3) is 0.136. The van der Waals surface area contributed by atoms with Crippen molar-refractivity contribution >= 4 is 24.1 Å². The molecule has 0 bridgehead atoms. The quantitative estimate of drug-likeness (QED) is 0.622. The first kappa shape index (κ1) is 16.6. The molecule has 0 aliphatic carbocycles. The Morgan fingerprint density at radius 2 is 1.12 bits per heavy atom. The second-order valence-corrected chi connectivity index (χ2v) is 8.17. The van der Waals surface area contributed by atoms with E-state index in [1.807, 2.05) is 49.4 Å². The number of benzene rings is 3. The highest BCUT2D eigenvalue weighted by molar-refractivity contribution is 7.88. The molecule has 1 nitrogen and oxygen atoms in total. The van der Waals surface area contributed by atoms with E-state index < -0.39 is 7.92 Å². The minimum Gasteiger partial charge on any atom is -0.288 e. The highest BCUT2D eigenvalue weighted by Crippen LogP contribution is 2.39. The van der Waals surface area contributed by atoms with Gasteiger partial charge in [0.05, 0.1) is 0 Å². The van der Waals surface area contributed by atoms with Crippen LogP contribution in [0.2, 0.25) is 0 Å². The smallest absolute Gasteiger partial charge is 0.193 e. The van der Waals surface area contributed by atoms with Gasteiger partial charge in [0, 0.05) is 13.5 Å². The van der Waals surface area contributed by atoms with Crippen molar-refractivity contribution in [3.8, 4) is 0 Å². The van der Waals surface area contributed by atoms with E-state index in [-0.39, 0.29) is 5.52 Å². The molecule has 0 saturated carbocycles. The van der Waals surface area contributed by atoms with Gasteiger partial charge in [0.1, 0.15) is 0 Å². The fourth-order valence-corrected chi connectivity index (χ4v) is 5.04. The van der Waals surface area contributed by atoms with Crippen LogP contribution in [0.1, 0.15) is 27.0 Å². The number of hydrogen-bond donors (Lipinski definition) is 0. The first-order chi connectivity index (χ1) is 11.6. The molecule has 0 spiro atoms. The second-order valence-electron chi connectivity index (χ2n) is 6.06. The lowest BCUT2D eigenvalue weighted by Crippen LogP contribution is -2.19. The summed E-state index contributed by atoms with van der Waals surface area (Å²) in [7, 11) is -1.07. The number of rotatable bonds is 4. The zero-order valence-electron chi connectivity index (χ0n) is 14.3. The molecule has 0 heterocycles. The van der Waals surface area contributed by atoms with Gasteiger partial charge < -0.3 is 0 Å². The van der Waals surface area contributed by atoms with Gasteiger partial charge in [-0.3, -0.25) is 4.79 Å². The van der Waals surface area contributed by atoms with Crippen LogP contribution in [-0.2, 0) is 0 Å². The zero-order chi connectivity index (χ0) is 17.1. The largest absolute Gasteiger partial charge is 0.288 e. The van der Waals surface area contributed by atoms with Gasteiger partial charge in [-0.2, -0.15) is 0 Å². The molecule has 0 N–H and O–H groups in total. The molecule has 0 atom stereocenters. The summed E-state index contributed by atoms with van der Waals surface area (Å²) in [4.78, 5) is 13.5. The van der Waals surface area contributed by atoms with Crippen molar-refractivity contribution < 1.29 is 4.79 Å². The van der Waals surface area contributed by atoms with Crippen LogP contribution in [0.5, 0.6) is 0 Å². The summed E-state index contributed by atoms with van der Waals surface area (Å²) >= 11 is 0. The third-order valence-electron chi connectivity index (χ3n) is 4.30. The molecule has 0 fully saturated rings. The van der Waals surface area contributed by atoms with E-state index in [2.05, 4.69) is 44.2 Å². The van der Waals surface area contributed by atoms with Crippen molar-refractivity contribution in [3.63, 3.8) is 0 Å². The van der Waals surface area contributed by atoms with Crippen molar-refractivity contribution in [1.29, 1.82) is 0 Å². The maximum atomic E-state index is 13.5. The summed E-state index contributed by atoms with van der Waals surface area (Å²) in [5.41, 5.74) is 4.52. The molecule has 0 amide bonds. The lowest BCUT2D eigenvalue weighted by molar-refractivity contribution is 0.108. The predicted octanol–water partition coefficient (Wildman–Crippen LogP) is 4.88. The first-order valence-electron chi connectivity index (χ1n) is 8.10. The molecular weight excluding hydrogens is 311 g/mol. The predicted molar refractivity (Wildman–Crippen MR) is 104 cm³/mol. The maximum absolute atomic E-state index is 13.5. The Hall–Kier alpha value is -2.24. The normalized spacial score (nSPS) is 10.8. The van der Waals surface area contributed by atoms with E-state index in [0.717, 1.165) is 21.7 Å². The van der Waals surface area contributed by atoms with E-state index in [1.54, 1.807) is 0 Å². The van der Waals surface area contributed by atoms with E-state index in [4.69, 9.17) is 0 Å². The number of aryl methyl sites for hydroxylation is 3. The van der Waals surface area contributed by atoms with E-state index in [9.17, 15) is 4.79 Å². The topological polar surface area (TPSA) is 17.1 Å². The molecule has 120 valence electrons. The third-order valence-corrected chi connectivity index (χ3v) is 6.58. The van der Waals surface area contributed by atoms with E-state index >= 15 is 0 Å². The SMILES string of the molecule is Cc1cc(C)c(C(=O)P(c2ccccc2)c2ccccc2)cc1C. The lowest BCUT2D eigenvalue weighted by Gasteiger charge is -2.19. The molecule has 0 aromatic heterocycles. The van der Waals surface area contributed by atoms with Crippen LogP contribution < -0.4 is 10.6 Å². The van der Waals surface area contributed by atoms with Gasteiger partial charge in [-0.05, 0) is 54.1 Å². The molecule has 3 aromatic carbocycles. The average Bonchev–Trinajstić information content (AvgIpc) is 2.60. The number of carbonyl (C=O) groups excluding carboxylic acids is 1. The molecule has 0 unspecified atom stereocenters. The molecule has 3 rings (SSSR count). The van der Waals surface area contributed by atoms with Crippen molar-refractivity contribution in [3.05, 3.63) is 95.1 Å². The summed E-state index contributed by atoms with van der Waals surface area (Å²) in [6, 6.07) is 24.4. The van der Waals surface area contributed by atoms with E-state index in [0.29, 0.717) is 0 Å². The van der Waals surface area contributed by atoms with Crippen LogP contribution in [0, 0.1) is 20.8 Å². The van der Waals surface area contributed by atoms with Gasteiger partial charge in [-0.15, -0.1) is 0 Å². The molecule has 0 saturated heterocycles. The van der Waals surface area contributed by atoms with Crippen LogP contribution >= 0.6 is 7.92 Å². The lowest BCUT2D eigenvalue weighted by atomic mass is 10.0. The van der Waals surface area contributed by atoms with Gasteiger partial charge >= 0.3 is 0 Å². The Kier molecular flexibility index (Phi) is 4.92. The standard InChI is InChI=1S/C22H21OP/c1-16-14-18(3)21(15-17(16)2)22(23)24(19-10-6-4-7-11-19)20-12-8-5-9-13-20/h4-15H,1-3H3.